The first-order chi connectivity index (χ1) is 35.0. The average Bonchev–Trinajstić information content (AvgIpc) is 4.02. The summed E-state index contributed by atoms with van der Waals surface area (Å²) in [4.78, 5) is 2.50. The molecule has 0 saturated heterocycles. The first-order valence-electron chi connectivity index (χ1n) is 24.9. The molecule has 0 radical (unpaired) electrons. The normalized spacial score (nSPS) is 13.7. The predicted octanol–water partition coefficient (Wildman–Crippen LogP) is 18.5. The number of hydrogen-bond acceptors (Lipinski definition) is 1. The number of nitrogens with zero attached hydrogens (tertiary/aromatic N) is 1. The van der Waals surface area contributed by atoms with Crippen LogP contribution in [0, 0.1) is 0 Å². The van der Waals surface area contributed by atoms with Crippen molar-refractivity contribution in [3.8, 4) is 77.9 Å². The Balaban J connectivity index is 0.955. The number of rotatable bonds is 7. The van der Waals surface area contributed by atoms with Crippen LogP contribution in [0.15, 0.2) is 261 Å². The SMILES string of the molecule is CC1(C)c2ccccc2-c2c(-c3ccccc3N(c3ccc(-c4ccc(-c5ccccc5)cc4)cc3)c3ccccc3-c3ccc4c(c3)-c3ccccc3C43c4ccccc4-c4ccccc43)cccc21. The second kappa shape index (κ2) is 15.9. The van der Waals surface area contributed by atoms with Gasteiger partial charge in [-0.1, -0.05) is 244 Å². The molecule has 11 aromatic rings. The minimum absolute atomic E-state index is 0.119. The molecule has 0 saturated carbocycles. The Bertz CT molecular complexity index is 3850. The van der Waals surface area contributed by atoms with Crippen LogP contribution in [0.3, 0.4) is 0 Å². The number of benzene rings is 11. The van der Waals surface area contributed by atoms with Crippen LogP contribution in [-0.2, 0) is 10.8 Å². The average molecular weight is 904 g/mol. The van der Waals surface area contributed by atoms with Crippen molar-refractivity contribution in [1.82, 2.24) is 0 Å². The zero-order valence-corrected chi connectivity index (χ0v) is 39.8. The van der Waals surface area contributed by atoms with Crippen LogP contribution < -0.4 is 4.90 Å². The van der Waals surface area contributed by atoms with Gasteiger partial charge in [-0.05, 0) is 130 Å². The van der Waals surface area contributed by atoms with Crippen LogP contribution in [-0.4, -0.2) is 0 Å². The van der Waals surface area contributed by atoms with Gasteiger partial charge >= 0.3 is 0 Å². The molecule has 0 unspecified atom stereocenters. The standard InChI is InChI=1S/C70H49N/c1-69(2)60-28-12-9-26-58(60)68-57(27-18-32-65(68)69)56-25-11-17-34-67(56)71(51-42-39-49(40-43-51)48-37-35-47(36-38-48)46-19-4-3-5-20-46)66-33-16-10-21-52(66)50-41-44-64-59(45-50)55-24-8-15-31-63(55)70(64)61-29-13-6-22-53(61)54-23-7-14-30-62(54)70/h3-45H,1-2H3. The molecule has 71 heavy (non-hydrogen) atoms. The van der Waals surface area contributed by atoms with E-state index >= 15 is 0 Å². The van der Waals surface area contributed by atoms with E-state index in [0.717, 1.165) is 17.1 Å². The third-order valence-corrected chi connectivity index (χ3v) is 15.9. The van der Waals surface area contributed by atoms with Gasteiger partial charge in [0, 0.05) is 22.2 Å². The van der Waals surface area contributed by atoms with Gasteiger partial charge in [0.2, 0.25) is 0 Å². The fourth-order valence-corrected chi connectivity index (χ4v) is 12.8. The minimum Gasteiger partial charge on any atom is -0.309 e. The van der Waals surface area contributed by atoms with Crippen molar-refractivity contribution in [3.05, 3.63) is 294 Å². The van der Waals surface area contributed by atoms with E-state index in [0.29, 0.717) is 0 Å². The van der Waals surface area contributed by atoms with Gasteiger partial charge in [-0.15, -0.1) is 0 Å². The lowest BCUT2D eigenvalue weighted by Crippen LogP contribution is -2.25. The first-order valence-corrected chi connectivity index (χ1v) is 24.9. The maximum absolute atomic E-state index is 2.50. The van der Waals surface area contributed by atoms with Crippen LogP contribution in [0.2, 0.25) is 0 Å². The molecule has 0 fully saturated rings. The Morgan fingerprint density at radius 2 is 0.648 bits per heavy atom. The number of fused-ring (bicyclic) bond motifs is 13. The molecule has 0 heterocycles. The van der Waals surface area contributed by atoms with E-state index in [1.165, 1.54) is 111 Å². The molecule has 11 aromatic carbocycles. The second-order valence-corrected chi connectivity index (χ2v) is 19.9. The summed E-state index contributed by atoms with van der Waals surface area (Å²) in [5.74, 6) is 0. The van der Waals surface area contributed by atoms with Crippen molar-refractivity contribution in [1.29, 1.82) is 0 Å². The van der Waals surface area contributed by atoms with Crippen LogP contribution in [0.4, 0.5) is 17.1 Å². The highest BCUT2D eigenvalue weighted by Crippen LogP contribution is 2.63. The minimum atomic E-state index is -0.394. The van der Waals surface area contributed by atoms with Crippen molar-refractivity contribution in [2.75, 3.05) is 4.90 Å². The molecule has 0 amide bonds. The van der Waals surface area contributed by atoms with Crippen molar-refractivity contribution >= 4 is 17.1 Å². The fourth-order valence-electron chi connectivity index (χ4n) is 12.8. The molecule has 14 rings (SSSR count). The van der Waals surface area contributed by atoms with Crippen molar-refractivity contribution in [3.63, 3.8) is 0 Å². The van der Waals surface area contributed by atoms with E-state index in [9.17, 15) is 0 Å². The summed E-state index contributed by atoms with van der Waals surface area (Å²) in [5.41, 5.74) is 28.4. The highest BCUT2D eigenvalue weighted by atomic mass is 15.1. The predicted molar refractivity (Wildman–Crippen MR) is 297 cm³/mol. The molecule has 0 aliphatic heterocycles. The van der Waals surface area contributed by atoms with Crippen molar-refractivity contribution < 1.29 is 0 Å². The van der Waals surface area contributed by atoms with Crippen LogP contribution >= 0.6 is 0 Å². The zero-order chi connectivity index (χ0) is 47.3. The van der Waals surface area contributed by atoms with E-state index in [2.05, 4.69) is 280 Å². The highest BCUT2D eigenvalue weighted by molar-refractivity contribution is 6.01. The lowest BCUT2D eigenvalue weighted by atomic mass is 9.70. The molecular formula is C70H49N. The van der Waals surface area contributed by atoms with Gasteiger partial charge in [-0.25, -0.2) is 0 Å². The molecule has 334 valence electrons. The van der Waals surface area contributed by atoms with Gasteiger partial charge in [0.05, 0.1) is 16.8 Å². The summed E-state index contributed by atoms with van der Waals surface area (Å²) < 4.78 is 0. The Morgan fingerprint density at radius 3 is 1.25 bits per heavy atom. The quantitative estimate of drug-likeness (QED) is 0.154. The van der Waals surface area contributed by atoms with Gasteiger partial charge in [-0.3, -0.25) is 0 Å². The van der Waals surface area contributed by atoms with E-state index in [4.69, 9.17) is 0 Å². The largest absolute Gasteiger partial charge is 0.309 e. The third kappa shape index (κ3) is 6.06. The Hall–Kier alpha value is -8.78. The Kier molecular flexibility index (Phi) is 9.22. The molecule has 3 aliphatic carbocycles. The van der Waals surface area contributed by atoms with Gasteiger partial charge in [-0.2, -0.15) is 0 Å². The summed E-state index contributed by atoms with van der Waals surface area (Å²) in [6, 6.07) is 97.2. The van der Waals surface area contributed by atoms with Gasteiger partial charge < -0.3 is 4.90 Å². The van der Waals surface area contributed by atoms with Crippen LogP contribution in [0.1, 0.15) is 47.2 Å². The van der Waals surface area contributed by atoms with Crippen molar-refractivity contribution in [2.24, 2.45) is 0 Å². The summed E-state index contributed by atoms with van der Waals surface area (Å²) in [6.07, 6.45) is 0. The second-order valence-electron chi connectivity index (χ2n) is 19.9. The van der Waals surface area contributed by atoms with Crippen LogP contribution in [0.5, 0.6) is 0 Å². The Morgan fingerprint density at radius 1 is 0.254 bits per heavy atom. The maximum Gasteiger partial charge on any atom is 0.0725 e. The summed E-state index contributed by atoms with van der Waals surface area (Å²) in [6.45, 7) is 4.74. The molecular weight excluding hydrogens is 855 g/mol. The lowest BCUT2D eigenvalue weighted by Gasteiger charge is -2.31. The fraction of sp³-hybridized carbons (Fsp3) is 0.0571. The Labute approximate surface area is 416 Å². The van der Waals surface area contributed by atoms with E-state index < -0.39 is 5.41 Å². The first kappa shape index (κ1) is 41.2. The van der Waals surface area contributed by atoms with Crippen molar-refractivity contribution in [2.45, 2.75) is 24.7 Å². The molecule has 0 bridgehead atoms. The molecule has 1 nitrogen and oxygen atoms in total. The van der Waals surface area contributed by atoms with E-state index in [1.54, 1.807) is 0 Å². The molecule has 0 N–H and O–H groups in total. The molecule has 1 spiro atoms. The van der Waals surface area contributed by atoms with Gasteiger partial charge in [0.25, 0.3) is 0 Å². The number of para-hydroxylation sites is 2. The smallest absolute Gasteiger partial charge is 0.0725 e. The zero-order valence-electron chi connectivity index (χ0n) is 39.8. The monoisotopic (exact) mass is 903 g/mol. The maximum atomic E-state index is 2.50. The third-order valence-electron chi connectivity index (χ3n) is 15.9. The summed E-state index contributed by atoms with van der Waals surface area (Å²) in [5, 5.41) is 0. The van der Waals surface area contributed by atoms with Crippen LogP contribution in [0.25, 0.3) is 77.9 Å². The molecule has 0 atom stereocenters. The summed E-state index contributed by atoms with van der Waals surface area (Å²) >= 11 is 0. The number of anilines is 3. The number of hydrogen-bond donors (Lipinski definition) is 0. The summed E-state index contributed by atoms with van der Waals surface area (Å²) in [7, 11) is 0. The van der Waals surface area contributed by atoms with Gasteiger partial charge in [0.15, 0.2) is 0 Å². The van der Waals surface area contributed by atoms with E-state index in [-0.39, 0.29) is 5.41 Å². The molecule has 0 aromatic heterocycles. The highest BCUT2D eigenvalue weighted by Gasteiger charge is 2.51. The lowest BCUT2D eigenvalue weighted by molar-refractivity contribution is 0.660. The molecule has 1 heteroatoms. The molecule has 3 aliphatic rings. The van der Waals surface area contributed by atoms with Gasteiger partial charge in [0.1, 0.15) is 0 Å². The van der Waals surface area contributed by atoms with E-state index in [1.807, 2.05) is 0 Å². The topological polar surface area (TPSA) is 3.24 Å².